The van der Waals surface area contributed by atoms with E-state index in [1.807, 2.05) is 16.8 Å². The number of aryl methyl sites for hydroxylation is 1. The minimum atomic E-state index is 0.102. The molecule has 6 heteroatoms. The summed E-state index contributed by atoms with van der Waals surface area (Å²) in [6, 6.07) is 4.26. The van der Waals surface area contributed by atoms with Crippen molar-refractivity contribution in [3.63, 3.8) is 0 Å². The average Bonchev–Trinajstić information content (AvgIpc) is 3.30. The summed E-state index contributed by atoms with van der Waals surface area (Å²) in [6.07, 6.45) is 7.97. The number of aromatic nitrogens is 2. The SMILES string of the molecule is C=C1C=C(Cn2nc(Cl)cc2CC)N=C2C=C(C)C=C(C3CC3C#N)N12. The summed E-state index contributed by atoms with van der Waals surface area (Å²) in [5.41, 5.74) is 5.12. The Labute approximate surface area is 158 Å². The first-order chi connectivity index (χ1) is 12.5. The van der Waals surface area contributed by atoms with Crippen LogP contribution in [0.1, 0.15) is 26.0 Å². The molecule has 2 aliphatic heterocycles. The molecule has 0 amide bonds. The van der Waals surface area contributed by atoms with Gasteiger partial charge in [0.05, 0.1) is 24.2 Å². The molecule has 1 aromatic heterocycles. The van der Waals surface area contributed by atoms with Gasteiger partial charge >= 0.3 is 0 Å². The molecule has 3 heterocycles. The largest absolute Gasteiger partial charge is 0.299 e. The van der Waals surface area contributed by atoms with Crippen molar-refractivity contribution in [2.24, 2.45) is 16.8 Å². The van der Waals surface area contributed by atoms with E-state index in [4.69, 9.17) is 16.6 Å². The first kappa shape index (κ1) is 16.9. The molecular formula is C20H20ClN5. The lowest BCUT2D eigenvalue weighted by molar-refractivity contribution is 0.569. The lowest BCUT2D eigenvalue weighted by Gasteiger charge is -2.34. The summed E-state index contributed by atoms with van der Waals surface area (Å²) < 4.78 is 1.89. The number of amidine groups is 1. The van der Waals surface area contributed by atoms with E-state index in [-0.39, 0.29) is 11.8 Å². The number of hydrogen-bond donors (Lipinski definition) is 0. The Kier molecular flexibility index (Phi) is 4.08. The summed E-state index contributed by atoms with van der Waals surface area (Å²) in [5, 5.41) is 14.1. The molecule has 3 aliphatic rings. The van der Waals surface area contributed by atoms with Gasteiger partial charge in [-0.2, -0.15) is 10.4 Å². The summed E-state index contributed by atoms with van der Waals surface area (Å²) >= 11 is 6.05. The average molecular weight is 366 g/mol. The van der Waals surface area contributed by atoms with Crippen molar-refractivity contribution in [3.05, 3.63) is 64.4 Å². The van der Waals surface area contributed by atoms with Crippen LogP contribution >= 0.6 is 11.6 Å². The molecule has 4 rings (SSSR count). The van der Waals surface area contributed by atoms with Gasteiger partial charge in [-0.1, -0.05) is 25.1 Å². The van der Waals surface area contributed by atoms with Crippen LogP contribution in [0.4, 0.5) is 0 Å². The monoisotopic (exact) mass is 365 g/mol. The molecule has 0 aromatic carbocycles. The van der Waals surface area contributed by atoms with Crippen LogP contribution in [0.2, 0.25) is 5.15 Å². The number of nitrogens with zero attached hydrogens (tertiary/aromatic N) is 5. The molecule has 1 fully saturated rings. The fraction of sp³-hybridized carbons (Fsp3) is 0.350. The van der Waals surface area contributed by atoms with Crippen LogP contribution in [0.5, 0.6) is 0 Å². The van der Waals surface area contributed by atoms with Crippen LogP contribution in [-0.2, 0) is 13.0 Å². The lowest BCUT2D eigenvalue weighted by Crippen LogP contribution is -2.33. The maximum absolute atomic E-state index is 9.20. The highest BCUT2D eigenvalue weighted by Crippen LogP contribution is 2.47. The zero-order valence-corrected chi connectivity index (χ0v) is 15.7. The topological polar surface area (TPSA) is 57.2 Å². The van der Waals surface area contributed by atoms with Gasteiger partial charge in [-0.25, -0.2) is 4.99 Å². The molecule has 5 nitrogen and oxygen atoms in total. The predicted molar refractivity (Wildman–Crippen MR) is 102 cm³/mol. The molecule has 0 bridgehead atoms. The standard InChI is InChI=1S/C20H20ClN5/c1-4-16-9-19(21)24-25(16)11-15-7-13(3)26-18(17-8-14(17)10-22)5-12(2)6-20(26)23-15/h5-7,9,14,17H,3-4,8,11H2,1-2H3. The zero-order valence-electron chi connectivity index (χ0n) is 14.9. The van der Waals surface area contributed by atoms with Crippen molar-refractivity contribution in [1.82, 2.24) is 14.7 Å². The second kappa shape index (κ2) is 6.30. The Balaban J connectivity index is 1.63. The molecule has 0 saturated heterocycles. The van der Waals surface area contributed by atoms with E-state index < -0.39 is 0 Å². The minimum Gasteiger partial charge on any atom is -0.299 e. The maximum Gasteiger partial charge on any atom is 0.151 e. The molecule has 1 aliphatic carbocycles. The predicted octanol–water partition coefficient (Wildman–Crippen LogP) is 4.21. The Morgan fingerprint density at radius 1 is 1.38 bits per heavy atom. The van der Waals surface area contributed by atoms with Crippen LogP contribution in [0, 0.1) is 23.2 Å². The highest BCUT2D eigenvalue weighted by atomic mass is 35.5. The number of fused-ring (bicyclic) bond motifs is 1. The van der Waals surface area contributed by atoms with E-state index in [2.05, 4.69) is 48.6 Å². The molecular weight excluding hydrogens is 346 g/mol. The second-order valence-corrected chi connectivity index (χ2v) is 7.32. The molecule has 1 saturated carbocycles. The van der Waals surface area contributed by atoms with E-state index in [0.29, 0.717) is 11.7 Å². The van der Waals surface area contributed by atoms with Crippen molar-refractivity contribution in [1.29, 1.82) is 5.26 Å². The van der Waals surface area contributed by atoms with Crippen LogP contribution < -0.4 is 0 Å². The number of aliphatic imine (C=N–C) groups is 1. The highest BCUT2D eigenvalue weighted by Gasteiger charge is 2.44. The number of nitriles is 1. The van der Waals surface area contributed by atoms with Gasteiger partial charge in [-0.15, -0.1) is 0 Å². The Bertz CT molecular complexity index is 953. The van der Waals surface area contributed by atoms with E-state index in [0.717, 1.165) is 47.0 Å². The number of allylic oxidation sites excluding steroid dienone is 5. The minimum absolute atomic E-state index is 0.102. The molecule has 0 radical (unpaired) electrons. The molecule has 2 atom stereocenters. The van der Waals surface area contributed by atoms with Crippen LogP contribution in [-0.4, -0.2) is 20.5 Å². The van der Waals surface area contributed by atoms with Gasteiger partial charge in [0.25, 0.3) is 0 Å². The first-order valence-electron chi connectivity index (χ1n) is 8.80. The van der Waals surface area contributed by atoms with Crippen molar-refractivity contribution >= 4 is 17.4 Å². The molecule has 132 valence electrons. The van der Waals surface area contributed by atoms with Crippen molar-refractivity contribution in [2.75, 3.05) is 0 Å². The number of hydrogen-bond acceptors (Lipinski definition) is 4. The first-order valence-corrected chi connectivity index (χ1v) is 9.18. The summed E-state index contributed by atoms with van der Waals surface area (Å²) in [6.45, 7) is 8.94. The Morgan fingerprint density at radius 3 is 2.88 bits per heavy atom. The molecule has 26 heavy (non-hydrogen) atoms. The van der Waals surface area contributed by atoms with Crippen molar-refractivity contribution < 1.29 is 0 Å². The van der Waals surface area contributed by atoms with Gasteiger partial charge in [0.2, 0.25) is 0 Å². The molecule has 2 unspecified atom stereocenters. The second-order valence-electron chi connectivity index (χ2n) is 6.94. The molecule has 0 spiro atoms. The molecule has 1 aromatic rings. The van der Waals surface area contributed by atoms with E-state index in [1.54, 1.807) is 0 Å². The molecule has 0 N–H and O–H groups in total. The zero-order chi connectivity index (χ0) is 18.4. The van der Waals surface area contributed by atoms with Crippen LogP contribution in [0.25, 0.3) is 0 Å². The Morgan fingerprint density at radius 2 is 2.19 bits per heavy atom. The quantitative estimate of drug-likeness (QED) is 0.802. The Hall–Kier alpha value is -2.58. The summed E-state index contributed by atoms with van der Waals surface area (Å²) in [7, 11) is 0. The smallest absolute Gasteiger partial charge is 0.151 e. The van der Waals surface area contributed by atoms with Gasteiger partial charge < -0.3 is 0 Å². The fourth-order valence-corrected chi connectivity index (χ4v) is 3.80. The number of rotatable bonds is 4. The summed E-state index contributed by atoms with van der Waals surface area (Å²) in [5.74, 6) is 1.24. The van der Waals surface area contributed by atoms with Gasteiger partial charge in [0.1, 0.15) is 5.84 Å². The third-order valence-electron chi connectivity index (χ3n) is 4.94. The van der Waals surface area contributed by atoms with Gasteiger partial charge in [-0.05, 0) is 49.6 Å². The lowest BCUT2D eigenvalue weighted by atomic mass is 10.0. The maximum atomic E-state index is 9.20. The van der Waals surface area contributed by atoms with Crippen LogP contribution in [0.3, 0.4) is 0 Å². The van der Waals surface area contributed by atoms with Gasteiger partial charge in [0, 0.05) is 23.0 Å². The van der Waals surface area contributed by atoms with Crippen molar-refractivity contribution in [3.8, 4) is 6.07 Å². The summed E-state index contributed by atoms with van der Waals surface area (Å²) in [4.78, 5) is 6.91. The highest BCUT2D eigenvalue weighted by molar-refractivity contribution is 6.29. The van der Waals surface area contributed by atoms with E-state index >= 15 is 0 Å². The third kappa shape index (κ3) is 2.91. The van der Waals surface area contributed by atoms with E-state index in [9.17, 15) is 5.26 Å². The number of halogens is 1. The van der Waals surface area contributed by atoms with Gasteiger partial charge in [0.15, 0.2) is 5.15 Å². The van der Waals surface area contributed by atoms with Gasteiger partial charge in [-0.3, -0.25) is 9.58 Å². The normalized spacial score (nSPS) is 24.2. The van der Waals surface area contributed by atoms with Crippen molar-refractivity contribution in [2.45, 2.75) is 33.2 Å². The van der Waals surface area contributed by atoms with Crippen LogP contribution in [0.15, 0.2) is 58.5 Å². The third-order valence-corrected chi connectivity index (χ3v) is 5.13. The fourth-order valence-electron chi connectivity index (χ4n) is 3.59. The van der Waals surface area contributed by atoms with E-state index in [1.165, 1.54) is 0 Å².